The van der Waals surface area contributed by atoms with Crippen LogP contribution in [0.5, 0.6) is 0 Å². The minimum atomic E-state index is -0.262. The highest BCUT2D eigenvalue weighted by atomic mass is 35.5. The summed E-state index contributed by atoms with van der Waals surface area (Å²) in [6.45, 7) is 1.93. The van der Waals surface area contributed by atoms with Crippen LogP contribution in [0.2, 0.25) is 5.02 Å². The molecule has 0 spiro atoms. The summed E-state index contributed by atoms with van der Waals surface area (Å²) in [6, 6.07) is 11.8. The molecule has 0 aliphatic heterocycles. The highest BCUT2D eigenvalue weighted by molar-refractivity contribution is 6.31. The smallest absolute Gasteiger partial charge is 0.123 e. The Morgan fingerprint density at radius 3 is 2.28 bits per heavy atom. The zero-order chi connectivity index (χ0) is 13.1. The van der Waals surface area contributed by atoms with Gasteiger partial charge in [-0.3, -0.25) is 5.84 Å². The van der Waals surface area contributed by atoms with Crippen LogP contribution >= 0.6 is 11.6 Å². The Labute approximate surface area is 111 Å². The van der Waals surface area contributed by atoms with E-state index in [4.69, 9.17) is 17.4 Å². The molecule has 1 atom stereocenters. The lowest BCUT2D eigenvalue weighted by Gasteiger charge is -2.17. The van der Waals surface area contributed by atoms with Crippen molar-refractivity contribution in [3.05, 3.63) is 70.0 Å². The van der Waals surface area contributed by atoms with E-state index in [0.717, 1.165) is 16.7 Å². The fraction of sp³-hybridized carbons (Fsp3) is 0.143. The van der Waals surface area contributed by atoms with Crippen LogP contribution in [0.25, 0.3) is 0 Å². The zero-order valence-electron chi connectivity index (χ0n) is 9.95. The molecule has 2 aromatic carbocycles. The maximum Gasteiger partial charge on any atom is 0.123 e. The number of rotatable bonds is 3. The molecule has 0 saturated carbocycles. The number of hydrogen-bond donors (Lipinski definition) is 2. The summed E-state index contributed by atoms with van der Waals surface area (Å²) >= 11 is 5.99. The third kappa shape index (κ3) is 2.70. The molecule has 2 nitrogen and oxygen atoms in total. The van der Waals surface area contributed by atoms with E-state index in [-0.39, 0.29) is 11.9 Å². The van der Waals surface area contributed by atoms with Gasteiger partial charge in [0, 0.05) is 5.02 Å². The molecule has 1 unspecified atom stereocenters. The number of halogens is 2. The molecule has 3 N–H and O–H groups in total. The quantitative estimate of drug-likeness (QED) is 0.659. The molecule has 18 heavy (non-hydrogen) atoms. The second kappa shape index (κ2) is 5.48. The summed E-state index contributed by atoms with van der Waals surface area (Å²) < 4.78 is 12.9. The van der Waals surface area contributed by atoms with E-state index in [0.29, 0.717) is 5.02 Å². The third-order valence-electron chi connectivity index (χ3n) is 2.89. The lowest BCUT2D eigenvalue weighted by atomic mass is 9.98. The van der Waals surface area contributed by atoms with Crippen molar-refractivity contribution >= 4 is 11.6 Å². The number of hydrazine groups is 1. The Balaban J connectivity index is 2.38. The van der Waals surface area contributed by atoms with Crippen molar-refractivity contribution in [2.45, 2.75) is 13.0 Å². The van der Waals surface area contributed by atoms with Crippen LogP contribution in [0.3, 0.4) is 0 Å². The maximum absolute atomic E-state index is 12.9. The fourth-order valence-corrected chi connectivity index (χ4v) is 2.01. The van der Waals surface area contributed by atoms with Gasteiger partial charge >= 0.3 is 0 Å². The van der Waals surface area contributed by atoms with Gasteiger partial charge in [0.25, 0.3) is 0 Å². The highest BCUT2D eigenvalue weighted by Gasteiger charge is 2.13. The first kappa shape index (κ1) is 13.0. The van der Waals surface area contributed by atoms with Gasteiger partial charge in [0.2, 0.25) is 0 Å². The van der Waals surface area contributed by atoms with Crippen molar-refractivity contribution in [3.8, 4) is 0 Å². The largest absolute Gasteiger partial charge is 0.271 e. The van der Waals surface area contributed by atoms with E-state index in [2.05, 4.69) is 5.43 Å². The Bertz CT molecular complexity index is 540. The van der Waals surface area contributed by atoms with Crippen molar-refractivity contribution in [1.82, 2.24) is 5.43 Å². The van der Waals surface area contributed by atoms with Gasteiger partial charge in [-0.1, -0.05) is 35.9 Å². The number of nitrogens with two attached hydrogens (primary N) is 1. The molecule has 0 amide bonds. The first-order valence-electron chi connectivity index (χ1n) is 5.59. The van der Waals surface area contributed by atoms with Crippen LogP contribution in [0, 0.1) is 12.7 Å². The van der Waals surface area contributed by atoms with E-state index < -0.39 is 0 Å². The van der Waals surface area contributed by atoms with E-state index in [1.54, 1.807) is 12.1 Å². The predicted octanol–water partition coefficient (Wildman–Crippen LogP) is 3.34. The molecule has 0 heterocycles. The molecule has 0 aromatic heterocycles. The number of benzene rings is 2. The first-order chi connectivity index (χ1) is 8.61. The standard InChI is InChI=1S/C14H14ClFN2/c1-9-8-11(4-7-13(9)15)14(18-17)10-2-5-12(16)6-3-10/h2-8,14,18H,17H2,1H3. The Kier molecular flexibility index (Phi) is 3.97. The summed E-state index contributed by atoms with van der Waals surface area (Å²) in [6.07, 6.45) is 0. The van der Waals surface area contributed by atoms with Gasteiger partial charge in [0.05, 0.1) is 6.04 Å². The maximum atomic E-state index is 12.9. The summed E-state index contributed by atoms with van der Waals surface area (Å²) in [5, 5.41) is 0.716. The Hall–Kier alpha value is -1.42. The Morgan fingerprint density at radius 1 is 1.11 bits per heavy atom. The molecule has 4 heteroatoms. The van der Waals surface area contributed by atoms with E-state index >= 15 is 0 Å². The minimum Gasteiger partial charge on any atom is -0.271 e. The first-order valence-corrected chi connectivity index (χ1v) is 5.97. The molecule has 0 bridgehead atoms. The average molecular weight is 265 g/mol. The topological polar surface area (TPSA) is 38.0 Å². The van der Waals surface area contributed by atoms with Crippen molar-refractivity contribution in [1.29, 1.82) is 0 Å². The van der Waals surface area contributed by atoms with Gasteiger partial charge in [0.15, 0.2) is 0 Å². The SMILES string of the molecule is Cc1cc(C(NN)c2ccc(F)cc2)ccc1Cl. The van der Waals surface area contributed by atoms with Gasteiger partial charge in [-0.2, -0.15) is 0 Å². The number of nitrogens with one attached hydrogen (secondary N) is 1. The van der Waals surface area contributed by atoms with Gasteiger partial charge in [-0.15, -0.1) is 0 Å². The third-order valence-corrected chi connectivity index (χ3v) is 3.31. The molecule has 0 fully saturated rings. The molecule has 94 valence electrons. The van der Waals surface area contributed by atoms with E-state index in [1.807, 2.05) is 25.1 Å². The second-order valence-electron chi connectivity index (χ2n) is 4.16. The summed E-state index contributed by atoms with van der Waals surface area (Å²) in [7, 11) is 0. The van der Waals surface area contributed by atoms with Gasteiger partial charge in [-0.25, -0.2) is 9.82 Å². The van der Waals surface area contributed by atoms with Crippen LogP contribution in [-0.4, -0.2) is 0 Å². The van der Waals surface area contributed by atoms with E-state index in [1.165, 1.54) is 12.1 Å². The molecule has 0 saturated heterocycles. The minimum absolute atomic E-state index is 0.179. The Morgan fingerprint density at radius 2 is 1.72 bits per heavy atom. The van der Waals surface area contributed by atoms with Crippen molar-refractivity contribution in [3.63, 3.8) is 0 Å². The van der Waals surface area contributed by atoms with Crippen LogP contribution < -0.4 is 11.3 Å². The molecule has 2 rings (SSSR count). The summed E-state index contributed by atoms with van der Waals surface area (Å²) in [4.78, 5) is 0. The van der Waals surface area contributed by atoms with Crippen LogP contribution in [0.15, 0.2) is 42.5 Å². The van der Waals surface area contributed by atoms with Crippen molar-refractivity contribution in [2.24, 2.45) is 5.84 Å². The molecular weight excluding hydrogens is 251 g/mol. The summed E-state index contributed by atoms with van der Waals surface area (Å²) in [5.41, 5.74) is 5.61. The molecule has 0 radical (unpaired) electrons. The average Bonchev–Trinajstić information content (AvgIpc) is 2.37. The monoisotopic (exact) mass is 264 g/mol. The normalized spacial score (nSPS) is 12.4. The van der Waals surface area contributed by atoms with Gasteiger partial charge < -0.3 is 0 Å². The fourth-order valence-electron chi connectivity index (χ4n) is 1.89. The number of hydrogen-bond acceptors (Lipinski definition) is 2. The van der Waals surface area contributed by atoms with Gasteiger partial charge in [0.1, 0.15) is 5.82 Å². The molecule has 2 aromatic rings. The molecular formula is C14H14ClFN2. The summed E-state index contributed by atoms with van der Waals surface area (Å²) in [5.74, 6) is 5.32. The zero-order valence-corrected chi connectivity index (χ0v) is 10.7. The molecule has 0 aliphatic carbocycles. The van der Waals surface area contributed by atoms with Crippen LogP contribution in [0.1, 0.15) is 22.7 Å². The van der Waals surface area contributed by atoms with Crippen LogP contribution in [-0.2, 0) is 0 Å². The second-order valence-corrected chi connectivity index (χ2v) is 4.57. The van der Waals surface area contributed by atoms with E-state index in [9.17, 15) is 4.39 Å². The van der Waals surface area contributed by atoms with Gasteiger partial charge in [-0.05, 0) is 41.8 Å². The van der Waals surface area contributed by atoms with Crippen LogP contribution in [0.4, 0.5) is 4.39 Å². The van der Waals surface area contributed by atoms with Crippen molar-refractivity contribution in [2.75, 3.05) is 0 Å². The highest BCUT2D eigenvalue weighted by Crippen LogP contribution is 2.25. The lowest BCUT2D eigenvalue weighted by molar-refractivity contribution is 0.615. The van der Waals surface area contributed by atoms with Crippen molar-refractivity contribution < 1.29 is 4.39 Å². The predicted molar refractivity (Wildman–Crippen MR) is 71.8 cm³/mol. The number of aryl methyl sites for hydroxylation is 1. The molecule has 0 aliphatic rings. The lowest BCUT2D eigenvalue weighted by Crippen LogP contribution is -2.28.